The molecule has 0 fully saturated rings. The molecule has 7 heteroatoms. The second kappa shape index (κ2) is 5.42. The van der Waals surface area contributed by atoms with Crippen molar-refractivity contribution in [3.63, 3.8) is 0 Å². The van der Waals surface area contributed by atoms with Gasteiger partial charge in [-0.15, -0.1) is 0 Å². The van der Waals surface area contributed by atoms with E-state index < -0.39 is 16.1 Å². The average molecular weight is 247 g/mol. The molecule has 6 nitrogen and oxygen atoms in total. The summed E-state index contributed by atoms with van der Waals surface area (Å²) < 4.78 is 27.2. The van der Waals surface area contributed by atoms with Crippen molar-refractivity contribution in [2.45, 2.75) is 30.9 Å². The summed E-state index contributed by atoms with van der Waals surface area (Å²) >= 11 is 0. The number of aryl methyl sites for hydroxylation is 1. The Bertz CT molecular complexity index is 427. The van der Waals surface area contributed by atoms with Gasteiger partial charge in [-0.1, -0.05) is 6.92 Å². The first-order valence-corrected chi connectivity index (χ1v) is 6.59. The van der Waals surface area contributed by atoms with Crippen LogP contribution in [0.5, 0.6) is 0 Å². The summed E-state index contributed by atoms with van der Waals surface area (Å²) in [6, 6.07) is 0. The SMILES string of the molecule is CCC(O)CCNS(=O)(=O)c1cn(C)cn1. The molecule has 0 aliphatic carbocycles. The number of aliphatic hydroxyl groups is 1. The molecule has 1 atom stereocenters. The number of hydrogen-bond donors (Lipinski definition) is 2. The first kappa shape index (κ1) is 13.1. The number of hydrogen-bond acceptors (Lipinski definition) is 4. The molecular formula is C9H17N3O3S. The zero-order chi connectivity index (χ0) is 12.2. The van der Waals surface area contributed by atoms with Crippen LogP contribution in [0, 0.1) is 0 Å². The Morgan fingerprint density at radius 3 is 2.81 bits per heavy atom. The van der Waals surface area contributed by atoms with Gasteiger partial charge in [-0.3, -0.25) is 0 Å². The smallest absolute Gasteiger partial charge is 0.259 e. The summed E-state index contributed by atoms with van der Waals surface area (Å²) in [5.74, 6) is 0. The molecular weight excluding hydrogens is 230 g/mol. The largest absolute Gasteiger partial charge is 0.393 e. The van der Waals surface area contributed by atoms with Crippen molar-refractivity contribution < 1.29 is 13.5 Å². The highest BCUT2D eigenvalue weighted by Crippen LogP contribution is 2.04. The second-order valence-electron chi connectivity index (χ2n) is 3.63. The lowest BCUT2D eigenvalue weighted by Gasteiger charge is -2.07. The van der Waals surface area contributed by atoms with Gasteiger partial charge in [0.1, 0.15) is 0 Å². The van der Waals surface area contributed by atoms with E-state index in [1.165, 1.54) is 12.5 Å². The van der Waals surface area contributed by atoms with E-state index in [1.54, 1.807) is 11.6 Å². The zero-order valence-electron chi connectivity index (χ0n) is 9.42. The van der Waals surface area contributed by atoms with Crippen molar-refractivity contribution in [2.75, 3.05) is 6.54 Å². The van der Waals surface area contributed by atoms with E-state index in [1.807, 2.05) is 6.92 Å². The number of aliphatic hydroxyl groups excluding tert-OH is 1. The molecule has 92 valence electrons. The van der Waals surface area contributed by atoms with Crippen molar-refractivity contribution in [3.05, 3.63) is 12.5 Å². The van der Waals surface area contributed by atoms with Crippen LogP contribution in [0.1, 0.15) is 19.8 Å². The standard InChI is InChI=1S/C9H17N3O3S/c1-3-8(13)4-5-11-16(14,15)9-6-12(2)7-10-9/h6-8,11,13H,3-5H2,1-2H3. The van der Waals surface area contributed by atoms with E-state index in [0.717, 1.165) is 0 Å². The molecule has 0 aliphatic heterocycles. The fourth-order valence-corrected chi connectivity index (χ4v) is 2.19. The van der Waals surface area contributed by atoms with Crippen LogP contribution in [0.4, 0.5) is 0 Å². The summed E-state index contributed by atoms with van der Waals surface area (Å²) in [5.41, 5.74) is 0. The molecule has 0 radical (unpaired) electrons. The van der Waals surface area contributed by atoms with Crippen molar-refractivity contribution >= 4 is 10.0 Å². The Morgan fingerprint density at radius 2 is 2.31 bits per heavy atom. The Kier molecular flexibility index (Phi) is 4.45. The van der Waals surface area contributed by atoms with Crippen LogP contribution < -0.4 is 4.72 Å². The molecule has 0 saturated heterocycles. The fraction of sp³-hybridized carbons (Fsp3) is 0.667. The lowest BCUT2D eigenvalue weighted by molar-refractivity contribution is 0.162. The van der Waals surface area contributed by atoms with Crippen molar-refractivity contribution in [3.8, 4) is 0 Å². The van der Waals surface area contributed by atoms with Crippen molar-refractivity contribution in [1.82, 2.24) is 14.3 Å². The molecule has 16 heavy (non-hydrogen) atoms. The van der Waals surface area contributed by atoms with Gasteiger partial charge >= 0.3 is 0 Å². The van der Waals surface area contributed by atoms with E-state index in [-0.39, 0.29) is 11.6 Å². The highest BCUT2D eigenvalue weighted by Gasteiger charge is 2.16. The van der Waals surface area contributed by atoms with Crippen molar-refractivity contribution in [1.29, 1.82) is 0 Å². The molecule has 2 N–H and O–H groups in total. The lowest BCUT2D eigenvalue weighted by atomic mass is 10.2. The monoisotopic (exact) mass is 247 g/mol. The van der Waals surface area contributed by atoms with Gasteiger partial charge in [-0.05, 0) is 12.8 Å². The molecule has 1 heterocycles. The van der Waals surface area contributed by atoms with Gasteiger partial charge in [0.15, 0.2) is 5.03 Å². The summed E-state index contributed by atoms with van der Waals surface area (Å²) in [5, 5.41) is 9.28. The molecule has 0 amide bonds. The minimum atomic E-state index is -3.54. The first-order chi connectivity index (χ1) is 7.45. The maximum Gasteiger partial charge on any atom is 0.259 e. The molecule has 0 saturated carbocycles. The van der Waals surface area contributed by atoms with Crippen LogP contribution >= 0.6 is 0 Å². The minimum absolute atomic E-state index is 0.000915. The Balaban J connectivity index is 2.53. The van der Waals surface area contributed by atoms with E-state index in [9.17, 15) is 13.5 Å². The zero-order valence-corrected chi connectivity index (χ0v) is 10.2. The lowest BCUT2D eigenvalue weighted by Crippen LogP contribution is -2.27. The van der Waals surface area contributed by atoms with Crippen LogP contribution in [0.3, 0.4) is 0 Å². The summed E-state index contributed by atoms with van der Waals surface area (Å²) in [7, 11) is -1.84. The second-order valence-corrected chi connectivity index (χ2v) is 5.34. The predicted octanol–water partition coefficient (Wildman–Crippen LogP) is -0.141. The van der Waals surface area contributed by atoms with Gasteiger partial charge in [-0.25, -0.2) is 18.1 Å². The van der Waals surface area contributed by atoms with Crippen LogP contribution in [-0.4, -0.2) is 35.7 Å². The molecule has 0 bridgehead atoms. The molecule has 1 aromatic heterocycles. The number of nitrogens with zero attached hydrogens (tertiary/aromatic N) is 2. The molecule has 0 aromatic carbocycles. The van der Waals surface area contributed by atoms with E-state index >= 15 is 0 Å². The number of nitrogens with one attached hydrogen (secondary N) is 1. The Hall–Kier alpha value is -0.920. The van der Waals surface area contributed by atoms with E-state index in [4.69, 9.17) is 0 Å². The number of sulfonamides is 1. The Morgan fingerprint density at radius 1 is 1.62 bits per heavy atom. The molecule has 1 unspecified atom stereocenters. The molecule has 1 rings (SSSR count). The molecule has 0 aliphatic rings. The van der Waals surface area contributed by atoms with Crippen LogP contribution in [0.2, 0.25) is 0 Å². The van der Waals surface area contributed by atoms with Gasteiger partial charge < -0.3 is 9.67 Å². The third-order valence-electron chi connectivity index (χ3n) is 2.20. The van der Waals surface area contributed by atoms with Gasteiger partial charge in [0, 0.05) is 19.8 Å². The maximum absolute atomic E-state index is 11.6. The first-order valence-electron chi connectivity index (χ1n) is 5.11. The summed E-state index contributed by atoms with van der Waals surface area (Å²) in [6.07, 6.45) is 3.41. The quantitative estimate of drug-likeness (QED) is 0.732. The number of imidazole rings is 1. The van der Waals surface area contributed by atoms with Gasteiger partial charge in [-0.2, -0.15) is 0 Å². The molecule has 1 aromatic rings. The van der Waals surface area contributed by atoms with Crippen LogP contribution in [0.15, 0.2) is 17.6 Å². The summed E-state index contributed by atoms with van der Waals surface area (Å²) in [4.78, 5) is 3.76. The van der Waals surface area contributed by atoms with Gasteiger partial charge in [0.2, 0.25) is 0 Å². The normalized spacial score (nSPS) is 13.9. The number of rotatable bonds is 6. The highest BCUT2D eigenvalue weighted by atomic mass is 32.2. The van der Waals surface area contributed by atoms with E-state index in [0.29, 0.717) is 12.8 Å². The van der Waals surface area contributed by atoms with Crippen molar-refractivity contribution in [2.24, 2.45) is 7.05 Å². The average Bonchev–Trinajstić information content (AvgIpc) is 2.65. The van der Waals surface area contributed by atoms with Crippen LogP contribution in [-0.2, 0) is 17.1 Å². The van der Waals surface area contributed by atoms with E-state index in [2.05, 4.69) is 9.71 Å². The highest BCUT2D eigenvalue weighted by molar-refractivity contribution is 7.89. The topological polar surface area (TPSA) is 84.2 Å². The summed E-state index contributed by atoms with van der Waals surface area (Å²) in [6.45, 7) is 2.06. The predicted molar refractivity (Wildman–Crippen MR) is 59.3 cm³/mol. The number of aromatic nitrogens is 2. The van der Waals surface area contributed by atoms with Crippen LogP contribution in [0.25, 0.3) is 0 Å². The maximum atomic E-state index is 11.6. The third-order valence-corrected chi connectivity index (χ3v) is 3.54. The minimum Gasteiger partial charge on any atom is -0.393 e. The Labute approximate surface area is 95.4 Å². The van der Waals surface area contributed by atoms with Gasteiger partial charge in [0.05, 0.1) is 12.4 Å². The molecule has 0 spiro atoms. The van der Waals surface area contributed by atoms with Gasteiger partial charge in [0.25, 0.3) is 10.0 Å². The third kappa shape index (κ3) is 3.58. The fourth-order valence-electron chi connectivity index (χ4n) is 1.17.